The molecule has 1 atom stereocenters. The summed E-state index contributed by atoms with van der Waals surface area (Å²) in [5, 5.41) is 15.2. The second-order valence-corrected chi connectivity index (χ2v) is 6.39. The fourth-order valence-electron chi connectivity index (χ4n) is 3.02. The first-order valence-electron chi connectivity index (χ1n) is 7.66. The van der Waals surface area contributed by atoms with Crippen molar-refractivity contribution >= 4 is 23.1 Å². The van der Waals surface area contributed by atoms with E-state index in [4.69, 9.17) is 16.7 Å². The quantitative estimate of drug-likeness (QED) is 0.786. The van der Waals surface area contributed by atoms with Crippen LogP contribution in [0.5, 0.6) is 0 Å². The molecule has 4 rings (SSSR count). The summed E-state index contributed by atoms with van der Waals surface area (Å²) in [6.45, 7) is 3.44. The third-order valence-electron chi connectivity index (χ3n) is 4.16. The molecule has 23 heavy (non-hydrogen) atoms. The second kappa shape index (κ2) is 5.51. The van der Waals surface area contributed by atoms with Crippen LogP contribution >= 0.6 is 11.6 Å². The molecule has 1 aliphatic rings. The molecule has 1 fully saturated rings. The van der Waals surface area contributed by atoms with Crippen molar-refractivity contribution in [2.75, 3.05) is 18.0 Å². The van der Waals surface area contributed by atoms with Crippen molar-refractivity contribution in [3.05, 3.63) is 47.1 Å². The number of rotatable bonds is 2. The van der Waals surface area contributed by atoms with E-state index in [0.717, 1.165) is 41.4 Å². The largest absolute Gasteiger partial charge is 0.391 e. The number of benzene rings is 1. The zero-order valence-electron chi connectivity index (χ0n) is 12.8. The molecule has 5 nitrogen and oxygen atoms in total. The van der Waals surface area contributed by atoms with E-state index in [0.29, 0.717) is 11.6 Å². The summed E-state index contributed by atoms with van der Waals surface area (Å²) in [4.78, 5) is 6.73. The van der Waals surface area contributed by atoms with Crippen LogP contribution in [0, 0.1) is 6.92 Å². The Morgan fingerprint density at radius 2 is 2.00 bits per heavy atom. The smallest absolute Gasteiger partial charge is 0.158 e. The number of aliphatic hydroxyl groups excluding tert-OH is 1. The van der Waals surface area contributed by atoms with E-state index < -0.39 is 0 Å². The number of anilines is 1. The summed E-state index contributed by atoms with van der Waals surface area (Å²) in [5.74, 6) is 0.976. The lowest BCUT2D eigenvalue weighted by atomic mass is 10.2. The number of aliphatic hydroxyl groups is 1. The molecule has 0 spiro atoms. The van der Waals surface area contributed by atoms with Crippen molar-refractivity contribution in [3.63, 3.8) is 0 Å². The van der Waals surface area contributed by atoms with E-state index in [2.05, 4.69) is 9.88 Å². The Bertz CT molecular complexity index is 859. The maximum Gasteiger partial charge on any atom is 0.158 e. The third-order valence-corrected chi connectivity index (χ3v) is 4.42. The number of fused-ring (bicyclic) bond motifs is 1. The molecular weight excluding hydrogens is 312 g/mol. The Balaban J connectivity index is 1.83. The molecule has 0 unspecified atom stereocenters. The highest BCUT2D eigenvalue weighted by Crippen LogP contribution is 2.26. The lowest BCUT2D eigenvalue weighted by Crippen LogP contribution is -2.24. The Morgan fingerprint density at radius 1 is 1.22 bits per heavy atom. The number of β-amino-alcohol motifs (C(OH)–C–C–N with tert-alkyl or cyclic N) is 1. The van der Waals surface area contributed by atoms with Gasteiger partial charge in [0.15, 0.2) is 5.65 Å². The first-order chi connectivity index (χ1) is 11.1. The molecule has 1 aromatic carbocycles. The van der Waals surface area contributed by atoms with Gasteiger partial charge in [-0.25, -0.2) is 4.98 Å². The molecule has 0 saturated carbocycles. The van der Waals surface area contributed by atoms with Crippen molar-refractivity contribution in [2.45, 2.75) is 19.4 Å². The normalized spacial score (nSPS) is 18.0. The average Bonchev–Trinajstić information content (AvgIpc) is 3.13. The predicted molar refractivity (Wildman–Crippen MR) is 91.0 cm³/mol. The number of aromatic nitrogens is 3. The predicted octanol–water partition coefficient (Wildman–Crippen LogP) is 2.93. The Hall–Kier alpha value is -2.11. The van der Waals surface area contributed by atoms with Gasteiger partial charge in [-0.1, -0.05) is 23.7 Å². The molecule has 1 N–H and O–H groups in total. The Morgan fingerprint density at radius 3 is 2.70 bits per heavy atom. The zero-order valence-corrected chi connectivity index (χ0v) is 13.5. The monoisotopic (exact) mass is 328 g/mol. The summed E-state index contributed by atoms with van der Waals surface area (Å²) < 4.78 is 1.86. The standard InChI is InChI=1S/C17H17ClN4O/c1-11-8-17(21-7-6-14(23)10-21)22-16(19-11)9-15(20-22)12-2-4-13(18)5-3-12/h2-5,8-9,14,23H,6-7,10H2,1H3/t14-/m1/s1. The highest BCUT2D eigenvalue weighted by Gasteiger charge is 2.23. The molecule has 1 saturated heterocycles. The molecule has 0 amide bonds. The van der Waals surface area contributed by atoms with Crippen molar-refractivity contribution in [1.29, 1.82) is 0 Å². The van der Waals surface area contributed by atoms with Crippen LogP contribution in [0.1, 0.15) is 12.1 Å². The third kappa shape index (κ3) is 2.66. The summed E-state index contributed by atoms with van der Waals surface area (Å²) in [7, 11) is 0. The summed E-state index contributed by atoms with van der Waals surface area (Å²) in [6, 6.07) is 11.6. The van der Waals surface area contributed by atoms with E-state index in [-0.39, 0.29) is 6.10 Å². The van der Waals surface area contributed by atoms with Crippen LogP contribution in [-0.4, -0.2) is 38.9 Å². The van der Waals surface area contributed by atoms with Crippen molar-refractivity contribution < 1.29 is 5.11 Å². The van der Waals surface area contributed by atoms with Gasteiger partial charge in [0.2, 0.25) is 0 Å². The van der Waals surface area contributed by atoms with E-state index in [9.17, 15) is 5.11 Å². The fourth-order valence-corrected chi connectivity index (χ4v) is 3.14. The van der Waals surface area contributed by atoms with Crippen LogP contribution in [0.4, 0.5) is 5.82 Å². The molecule has 118 valence electrons. The zero-order chi connectivity index (χ0) is 16.0. The van der Waals surface area contributed by atoms with Crippen LogP contribution < -0.4 is 4.90 Å². The maximum atomic E-state index is 9.81. The van der Waals surface area contributed by atoms with Gasteiger partial charge in [0.05, 0.1) is 11.8 Å². The van der Waals surface area contributed by atoms with E-state index in [1.165, 1.54) is 0 Å². The van der Waals surface area contributed by atoms with Gasteiger partial charge in [-0.15, -0.1) is 0 Å². The molecular formula is C17H17ClN4O. The van der Waals surface area contributed by atoms with Crippen LogP contribution in [0.3, 0.4) is 0 Å². The molecule has 0 radical (unpaired) electrons. The number of halogens is 1. The number of aryl methyl sites for hydroxylation is 1. The molecule has 0 bridgehead atoms. The first-order valence-corrected chi connectivity index (χ1v) is 8.04. The minimum absolute atomic E-state index is 0.273. The Labute approximate surface area is 139 Å². The topological polar surface area (TPSA) is 53.7 Å². The summed E-state index contributed by atoms with van der Waals surface area (Å²) in [6.07, 6.45) is 0.513. The van der Waals surface area contributed by atoms with Gasteiger partial charge in [-0.05, 0) is 25.5 Å². The number of hydrogen-bond donors (Lipinski definition) is 1. The number of nitrogens with zero attached hydrogens (tertiary/aromatic N) is 4. The lowest BCUT2D eigenvalue weighted by molar-refractivity contribution is 0.198. The fraction of sp³-hybridized carbons (Fsp3) is 0.294. The summed E-state index contributed by atoms with van der Waals surface area (Å²) in [5.41, 5.74) is 3.62. The second-order valence-electron chi connectivity index (χ2n) is 5.95. The SMILES string of the molecule is Cc1cc(N2CC[C@@H](O)C2)n2nc(-c3ccc(Cl)cc3)cc2n1. The molecule has 3 aromatic rings. The van der Waals surface area contributed by atoms with Crippen LogP contribution in [0.25, 0.3) is 16.9 Å². The molecule has 6 heteroatoms. The number of hydrogen-bond acceptors (Lipinski definition) is 4. The van der Waals surface area contributed by atoms with Gasteiger partial charge in [0, 0.05) is 41.5 Å². The van der Waals surface area contributed by atoms with E-state index in [1.807, 2.05) is 47.8 Å². The van der Waals surface area contributed by atoms with Gasteiger partial charge in [-0.2, -0.15) is 9.61 Å². The molecule has 0 aliphatic carbocycles. The van der Waals surface area contributed by atoms with E-state index >= 15 is 0 Å². The molecule has 3 heterocycles. The van der Waals surface area contributed by atoms with E-state index in [1.54, 1.807) is 0 Å². The van der Waals surface area contributed by atoms with Crippen molar-refractivity contribution in [3.8, 4) is 11.3 Å². The van der Waals surface area contributed by atoms with Crippen LogP contribution in [0.15, 0.2) is 36.4 Å². The Kier molecular flexibility index (Phi) is 3.47. The van der Waals surface area contributed by atoms with Gasteiger partial charge < -0.3 is 10.0 Å². The average molecular weight is 329 g/mol. The molecule has 1 aliphatic heterocycles. The minimum Gasteiger partial charge on any atom is -0.391 e. The van der Waals surface area contributed by atoms with Gasteiger partial charge >= 0.3 is 0 Å². The first kappa shape index (κ1) is 14.5. The minimum atomic E-state index is -0.273. The molecule has 2 aromatic heterocycles. The summed E-state index contributed by atoms with van der Waals surface area (Å²) >= 11 is 5.96. The van der Waals surface area contributed by atoms with Crippen LogP contribution in [-0.2, 0) is 0 Å². The van der Waals surface area contributed by atoms with Crippen molar-refractivity contribution in [2.24, 2.45) is 0 Å². The van der Waals surface area contributed by atoms with Gasteiger partial charge in [0.25, 0.3) is 0 Å². The highest BCUT2D eigenvalue weighted by atomic mass is 35.5. The van der Waals surface area contributed by atoms with Crippen LogP contribution in [0.2, 0.25) is 5.02 Å². The van der Waals surface area contributed by atoms with Gasteiger partial charge in [0.1, 0.15) is 5.82 Å². The lowest BCUT2D eigenvalue weighted by Gasteiger charge is -2.19. The highest BCUT2D eigenvalue weighted by molar-refractivity contribution is 6.30. The van der Waals surface area contributed by atoms with Crippen molar-refractivity contribution in [1.82, 2.24) is 14.6 Å². The van der Waals surface area contributed by atoms with Gasteiger partial charge in [-0.3, -0.25) is 0 Å². The maximum absolute atomic E-state index is 9.81.